The van der Waals surface area contributed by atoms with Gasteiger partial charge in [0, 0.05) is 0 Å². The minimum absolute atomic E-state index is 0.166. The molecule has 6 unspecified atom stereocenters. The van der Waals surface area contributed by atoms with Gasteiger partial charge in [-0.05, 0) is 136 Å². The van der Waals surface area contributed by atoms with Crippen molar-refractivity contribution in [3.8, 4) is 0 Å². The van der Waals surface area contributed by atoms with Crippen molar-refractivity contribution in [3.63, 3.8) is 0 Å². The van der Waals surface area contributed by atoms with Gasteiger partial charge in [0.05, 0.1) is 6.04 Å². The van der Waals surface area contributed by atoms with E-state index in [0.717, 1.165) is 0 Å². The third-order valence-corrected chi connectivity index (χ3v) is 8.29. The van der Waals surface area contributed by atoms with E-state index in [1.54, 1.807) is 0 Å². The van der Waals surface area contributed by atoms with Gasteiger partial charge in [-0.15, -0.1) is 0 Å². The fraction of sp³-hybridized carbons (Fsp3) is 0.818. The number of carbonyl (C=O) groups excluding carboxylic acids is 5. The topological polar surface area (TPSA) is 339 Å². The van der Waals surface area contributed by atoms with Crippen molar-refractivity contribution in [2.45, 2.75) is 139 Å². The van der Waals surface area contributed by atoms with Gasteiger partial charge in [-0.1, -0.05) is 0 Å². The molecule has 0 bridgehead atoms. The van der Waals surface area contributed by atoms with Crippen molar-refractivity contribution < 1.29 is 33.9 Å². The van der Waals surface area contributed by atoms with Crippen LogP contribution in [-0.2, 0) is 28.8 Å². The van der Waals surface area contributed by atoms with Crippen LogP contribution in [0.25, 0.3) is 0 Å². The molecule has 296 valence electrons. The first kappa shape index (κ1) is 47.6. The lowest BCUT2D eigenvalue weighted by Crippen LogP contribution is -2.59. The molecule has 0 aromatic carbocycles. The Labute approximate surface area is 302 Å². The number of rotatable bonds is 31. The van der Waals surface area contributed by atoms with Crippen LogP contribution in [0, 0.1) is 0 Å². The second-order valence-electron chi connectivity index (χ2n) is 12.9. The van der Waals surface area contributed by atoms with Crippen LogP contribution in [0.5, 0.6) is 0 Å². The van der Waals surface area contributed by atoms with E-state index < -0.39 is 71.8 Å². The molecule has 0 saturated heterocycles. The molecule has 0 aliphatic carbocycles. The first-order chi connectivity index (χ1) is 24.4. The van der Waals surface area contributed by atoms with Gasteiger partial charge in [-0.25, -0.2) is 4.79 Å². The summed E-state index contributed by atoms with van der Waals surface area (Å²) < 4.78 is 0. The SMILES string of the molecule is CC(N)C(=O)NC(CCCCN)C(=O)NC(CCCCN)C(=O)NC(CCCCN)C(=O)NC(CCCCN)C(=O)NC(CCCCN)C(=O)O. The fourth-order valence-electron chi connectivity index (χ4n) is 5.19. The Morgan fingerprint density at radius 3 is 0.843 bits per heavy atom. The Hall–Kier alpha value is -3.42. The highest BCUT2D eigenvalue weighted by Crippen LogP contribution is 2.10. The lowest BCUT2D eigenvalue weighted by Gasteiger charge is -2.27. The molecule has 0 aromatic heterocycles. The van der Waals surface area contributed by atoms with Gasteiger partial charge in [0.2, 0.25) is 29.5 Å². The smallest absolute Gasteiger partial charge is 0.326 e. The largest absolute Gasteiger partial charge is 0.480 e. The van der Waals surface area contributed by atoms with E-state index in [-0.39, 0.29) is 32.1 Å². The molecule has 0 saturated carbocycles. The predicted octanol–water partition coefficient (Wildman–Crippen LogP) is -2.51. The van der Waals surface area contributed by atoms with E-state index in [9.17, 15) is 33.9 Å². The molecule has 5 amide bonds. The minimum Gasteiger partial charge on any atom is -0.480 e. The third kappa shape index (κ3) is 21.5. The van der Waals surface area contributed by atoms with Crippen LogP contribution in [0.1, 0.15) is 103 Å². The second kappa shape index (κ2) is 29.2. The lowest BCUT2D eigenvalue weighted by molar-refractivity contribution is -0.142. The molecule has 18 heteroatoms. The summed E-state index contributed by atoms with van der Waals surface area (Å²) in [6.07, 6.45) is 6.38. The first-order valence-corrected chi connectivity index (χ1v) is 18.4. The van der Waals surface area contributed by atoms with Crippen LogP contribution in [0.3, 0.4) is 0 Å². The molecule has 0 radical (unpaired) electrons. The van der Waals surface area contributed by atoms with E-state index >= 15 is 0 Å². The average Bonchev–Trinajstić information content (AvgIpc) is 3.09. The summed E-state index contributed by atoms with van der Waals surface area (Å²) in [5, 5.41) is 23.0. The van der Waals surface area contributed by atoms with Crippen LogP contribution in [0.4, 0.5) is 0 Å². The molecule has 0 rings (SSSR count). The number of carboxylic acids is 1. The molecule has 0 aliphatic rings. The minimum atomic E-state index is -1.21. The van der Waals surface area contributed by atoms with Gasteiger partial charge in [-0.2, -0.15) is 0 Å². The van der Waals surface area contributed by atoms with Gasteiger partial charge in [-0.3, -0.25) is 24.0 Å². The number of carboxylic acid groups (broad SMARTS) is 1. The Balaban J connectivity index is 6.16. The van der Waals surface area contributed by atoms with Crippen LogP contribution in [-0.4, -0.2) is 110 Å². The van der Waals surface area contributed by atoms with Crippen molar-refractivity contribution in [3.05, 3.63) is 0 Å². The quantitative estimate of drug-likeness (QED) is 0.0328. The maximum absolute atomic E-state index is 13.8. The van der Waals surface area contributed by atoms with Gasteiger partial charge in [0.15, 0.2) is 0 Å². The van der Waals surface area contributed by atoms with Crippen molar-refractivity contribution >= 4 is 35.5 Å². The zero-order valence-electron chi connectivity index (χ0n) is 30.5. The summed E-state index contributed by atoms with van der Waals surface area (Å²) in [7, 11) is 0. The molecule has 6 atom stereocenters. The molecule has 0 aromatic rings. The van der Waals surface area contributed by atoms with Gasteiger partial charge < -0.3 is 66.1 Å². The van der Waals surface area contributed by atoms with E-state index in [1.165, 1.54) is 6.92 Å². The highest BCUT2D eigenvalue weighted by molar-refractivity contribution is 5.96. The molecule has 0 fully saturated rings. The van der Waals surface area contributed by atoms with Gasteiger partial charge in [0.25, 0.3) is 0 Å². The van der Waals surface area contributed by atoms with Crippen molar-refractivity contribution in [1.82, 2.24) is 26.6 Å². The first-order valence-electron chi connectivity index (χ1n) is 18.4. The molecular weight excluding hydrogens is 662 g/mol. The third-order valence-electron chi connectivity index (χ3n) is 8.29. The fourth-order valence-corrected chi connectivity index (χ4v) is 5.19. The van der Waals surface area contributed by atoms with Crippen LogP contribution >= 0.6 is 0 Å². The highest BCUT2D eigenvalue weighted by Gasteiger charge is 2.32. The van der Waals surface area contributed by atoms with Crippen LogP contribution < -0.4 is 61.0 Å². The normalized spacial score (nSPS) is 14.6. The number of hydrogen-bond donors (Lipinski definition) is 12. The van der Waals surface area contributed by atoms with E-state index in [0.29, 0.717) is 96.9 Å². The monoisotopic (exact) mass is 730 g/mol. The number of nitrogens with one attached hydrogen (secondary N) is 5. The van der Waals surface area contributed by atoms with Crippen molar-refractivity contribution in [2.24, 2.45) is 34.4 Å². The summed E-state index contributed by atoms with van der Waals surface area (Å²) in [5.74, 6) is -4.29. The van der Waals surface area contributed by atoms with E-state index in [2.05, 4.69) is 26.6 Å². The number of carbonyl (C=O) groups is 6. The summed E-state index contributed by atoms with van der Waals surface area (Å²) in [5.41, 5.74) is 33.8. The zero-order chi connectivity index (χ0) is 38.6. The number of aliphatic carboxylic acids is 1. The predicted molar refractivity (Wildman–Crippen MR) is 195 cm³/mol. The van der Waals surface area contributed by atoms with Gasteiger partial charge in [0.1, 0.15) is 30.2 Å². The highest BCUT2D eigenvalue weighted by atomic mass is 16.4. The Morgan fingerprint density at radius 1 is 0.412 bits per heavy atom. The second-order valence-corrected chi connectivity index (χ2v) is 12.9. The molecule has 0 aliphatic heterocycles. The van der Waals surface area contributed by atoms with Crippen LogP contribution in [0.15, 0.2) is 0 Å². The summed E-state index contributed by atoms with van der Waals surface area (Å²) in [6, 6.07) is -6.29. The lowest BCUT2D eigenvalue weighted by atomic mass is 10.0. The van der Waals surface area contributed by atoms with Crippen molar-refractivity contribution in [2.75, 3.05) is 32.7 Å². The molecular formula is C33H67N11O7. The summed E-state index contributed by atoms with van der Waals surface area (Å²) >= 11 is 0. The maximum atomic E-state index is 13.8. The molecule has 0 spiro atoms. The Morgan fingerprint density at radius 2 is 0.627 bits per heavy atom. The van der Waals surface area contributed by atoms with E-state index in [1.807, 2.05) is 0 Å². The standard InChI is InChI=1S/C33H67N11O7/c1-22(39)28(45)40-23(12-2-7-17-34)29(46)41-24(13-3-8-18-35)30(47)42-25(14-4-9-19-36)31(48)43-26(15-5-10-20-37)32(49)44-27(33(50)51)16-6-11-21-38/h22-27H,2-21,34-39H2,1H3,(H,40,45)(H,41,46)(H,42,47)(H,43,48)(H,44,49)(H,50,51). The number of nitrogens with two attached hydrogens (primary N) is 6. The Bertz CT molecular complexity index is 1040. The maximum Gasteiger partial charge on any atom is 0.326 e. The Kier molecular flexibility index (Phi) is 27.2. The molecule has 51 heavy (non-hydrogen) atoms. The summed E-state index contributed by atoms with van der Waals surface area (Å²) in [4.78, 5) is 78.5. The molecule has 18 N–H and O–H groups in total. The average molecular weight is 730 g/mol. The summed E-state index contributed by atoms with van der Waals surface area (Å²) in [6.45, 7) is 3.34. The zero-order valence-corrected chi connectivity index (χ0v) is 30.5. The number of hydrogen-bond acceptors (Lipinski definition) is 12. The number of amides is 5. The van der Waals surface area contributed by atoms with Crippen LogP contribution in [0.2, 0.25) is 0 Å². The molecule has 0 heterocycles. The van der Waals surface area contributed by atoms with Crippen molar-refractivity contribution in [1.29, 1.82) is 0 Å². The van der Waals surface area contributed by atoms with Gasteiger partial charge >= 0.3 is 5.97 Å². The number of unbranched alkanes of at least 4 members (excludes halogenated alkanes) is 5. The van der Waals surface area contributed by atoms with E-state index in [4.69, 9.17) is 34.4 Å². The molecule has 18 nitrogen and oxygen atoms in total.